The lowest BCUT2D eigenvalue weighted by molar-refractivity contribution is 0.462. The molecule has 5 heteroatoms. The largest absolute Gasteiger partial charge is 0.292 e. The zero-order valence-electron chi connectivity index (χ0n) is 10.6. The van der Waals surface area contributed by atoms with Crippen molar-refractivity contribution in [2.45, 2.75) is 57.7 Å². The summed E-state index contributed by atoms with van der Waals surface area (Å²) >= 11 is 0. The van der Waals surface area contributed by atoms with Gasteiger partial charge in [0, 0.05) is 11.3 Å². The van der Waals surface area contributed by atoms with Gasteiger partial charge in [-0.25, -0.2) is 13.1 Å². The van der Waals surface area contributed by atoms with Gasteiger partial charge in [-0.3, -0.25) is 4.99 Å². The zero-order chi connectivity index (χ0) is 12.4. The van der Waals surface area contributed by atoms with Gasteiger partial charge in [0.05, 0.1) is 11.8 Å². The summed E-state index contributed by atoms with van der Waals surface area (Å²) in [6.45, 7) is 8.25. The second-order valence-electron chi connectivity index (χ2n) is 5.14. The first-order valence-corrected chi connectivity index (χ1v) is 7.34. The van der Waals surface area contributed by atoms with Crippen LogP contribution in [0.1, 0.15) is 47.0 Å². The number of aliphatic imine (C=N–C) groups is 1. The minimum atomic E-state index is -3.12. The molecule has 0 radical (unpaired) electrons. The molecule has 1 saturated carbocycles. The molecule has 0 atom stereocenters. The molecule has 0 aromatic rings. The van der Waals surface area contributed by atoms with Crippen LogP contribution in [0.3, 0.4) is 0 Å². The number of hydrogen-bond acceptors (Lipinski definition) is 3. The second-order valence-corrected chi connectivity index (χ2v) is 7.10. The second kappa shape index (κ2) is 4.84. The van der Waals surface area contributed by atoms with Crippen LogP contribution in [0.25, 0.3) is 0 Å². The Kier molecular flexibility index (Phi) is 4.12. The lowest BCUT2D eigenvalue weighted by Gasteiger charge is -2.24. The van der Waals surface area contributed by atoms with E-state index in [1.807, 2.05) is 27.7 Å². The van der Waals surface area contributed by atoms with Crippen molar-refractivity contribution in [3.05, 3.63) is 0 Å². The van der Waals surface area contributed by atoms with Gasteiger partial charge >= 0.3 is 0 Å². The van der Waals surface area contributed by atoms with Crippen molar-refractivity contribution in [2.75, 3.05) is 6.54 Å². The maximum absolute atomic E-state index is 11.8. The van der Waals surface area contributed by atoms with Crippen LogP contribution in [0.2, 0.25) is 0 Å². The van der Waals surface area contributed by atoms with Gasteiger partial charge < -0.3 is 0 Å². The van der Waals surface area contributed by atoms with Gasteiger partial charge in [-0.05, 0) is 40.0 Å². The van der Waals surface area contributed by atoms with Crippen LogP contribution in [0.15, 0.2) is 4.99 Å². The quantitative estimate of drug-likeness (QED) is 0.725. The lowest BCUT2D eigenvalue weighted by Crippen LogP contribution is -2.47. The highest BCUT2D eigenvalue weighted by Gasteiger charge is 2.38. The van der Waals surface area contributed by atoms with E-state index in [1.54, 1.807) is 0 Å². The first kappa shape index (κ1) is 13.6. The highest BCUT2D eigenvalue weighted by molar-refractivity contribution is 7.90. The summed E-state index contributed by atoms with van der Waals surface area (Å²) in [5, 5.41) is -0.164. The van der Waals surface area contributed by atoms with Crippen molar-refractivity contribution in [3.8, 4) is 0 Å². The third kappa shape index (κ3) is 4.22. The normalized spacial score (nSPS) is 18.9. The molecule has 1 rings (SSSR count). The molecule has 16 heavy (non-hydrogen) atoms. The highest BCUT2D eigenvalue weighted by atomic mass is 32.2. The third-order valence-corrected chi connectivity index (χ3v) is 4.82. The van der Waals surface area contributed by atoms with Gasteiger partial charge in [0.2, 0.25) is 10.0 Å². The molecule has 4 nitrogen and oxygen atoms in total. The van der Waals surface area contributed by atoms with E-state index in [0.29, 0.717) is 6.54 Å². The minimum Gasteiger partial charge on any atom is -0.292 e. The smallest absolute Gasteiger partial charge is 0.215 e. The predicted molar refractivity (Wildman–Crippen MR) is 67.4 cm³/mol. The third-order valence-electron chi connectivity index (χ3n) is 2.64. The highest BCUT2D eigenvalue weighted by Crippen LogP contribution is 2.28. The van der Waals surface area contributed by atoms with E-state index in [0.717, 1.165) is 25.0 Å². The Labute approximate surface area is 98.6 Å². The summed E-state index contributed by atoms with van der Waals surface area (Å²) in [6.07, 6.45) is 2.50. The van der Waals surface area contributed by atoms with Gasteiger partial charge in [0.15, 0.2) is 0 Å². The van der Waals surface area contributed by atoms with Gasteiger partial charge in [-0.1, -0.05) is 6.92 Å². The van der Waals surface area contributed by atoms with E-state index in [1.165, 1.54) is 0 Å². The molecular weight excluding hydrogens is 224 g/mol. The Hall–Kier alpha value is -0.420. The fraction of sp³-hybridized carbons (Fsp3) is 0.909. The Morgan fingerprint density at radius 2 is 2.00 bits per heavy atom. The number of nitrogens with one attached hydrogen (secondary N) is 1. The Balaban J connectivity index is 2.57. The van der Waals surface area contributed by atoms with Crippen molar-refractivity contribution in [3.63, 3.8) is 0 Å². The van der Waals surface area contributed by atoms with Crippen molar-refractivity contribution < 1.29 is 8.42 Å². The minimum absolute atomic E-state index is 0.164. The fourth-order valence-corrected chi connectivity index (χ4v) is 3.08. The molecule has 1 fully saturated rings. The van der Waals surface area contributed by atoms with E-state index < -0.39 is 15.6 Å². The van der Waals surface area contributed by atoms with E-state index in [2.05, 4.69) is 9.71 Å². The number of sulfonamides is 1. The van der Waals surface area contributed by atoms with Crippen LogP contribution in [0.5, 0.6) is 0 Å². The van der Waals surface area contributed by atoms with Crippen LogP contribution in [0.4, 0.5) is 0 Å². The molecule has 94 valence electrons. The zero-order valence-corrected chi connectivity index (χ0v) is 11.4. The fourth-order valence-electron chi connectivity index (χ4n) is 1.32. The van der Waals surface area contributed by atoms with Gasteiger partial charge in [0.25, 0.3) is 0 Å². The first-order chi connectivity index (χ1) is 7.27. The summed E-state index contributed by atoms with van der Waals surface area (Å²) in [5.74, 6) is 0. The van der Waals surface area contributed by atoms with E-state index in [9.17, 15) is 8.42 Å². The van der Waals surface area contributed by atoms with Crippen molar-refractivity contribution in [2.24, 2.45) is 4.99 Å². The molecule has 0 aliphatic heterocycles. The monoisotopic (exact) mass is 246 g/mol. The van der Waals surface area contributed by atoms with Gasteiger partial charge in [0.1, 0.15) is 0 Å². The van der Waals surface area contributed by atoms with Crippen LogP contribution in [-0.4, -0.2) is 31.5 Å². The molecule has 0 aromatic carbocycles. The molecule has 0 bridgehead atoms. The summed E-state index contributed by atoms with van der Waals surface area (Å²) in [6, 6.07) is 0. The lowest BCUT2D eigenvalue weighted by atomic mass is 10.1. The van der Waals surface area contributed by atoms with Crippen molar-refractivity contribution in [1.82, 2.24) is 4.72 Å². The molecule has 1 aliphatic rings. The molecule has 1 aliphatic carbocycles. The number of hydrogen-bond donors (Lipinski definition) is 1. The van der Waals surface area contributed by atoms with Crippen LogP contribution < -0.4 is 4.72 Å². The Morgan fingerprint density at radius 3 is 2.44 bits per heavy atom. The standard InChI is InChI=1S/C11H22N2O2S/c1-5-9(2)12-8-11(3,4)13-16(14,15)10-6-7-10/h10,13H,5-8H2,1-4H3. The number of nitrogens with zero attached hydrogens (tertiary/aromatic N) is 1. The Bertz CT molecular complexity index is 367. The Morgan fingerprint density at radius 1 is 1.44 bits per heavy atom. The molecule has 1 N–H and O–H groups in total. The van der Waals surface area contributed by atoms with Crippen LogP contribution >= 0.6 is 0 Å². The maximum atomic E-state index is 11.8. The van der Waals surface area contributed by atoms with Crippen LogP contribution in [0, 0.1) is 0 Å². The van der Waals surface area contributed by atoms with Crippen molar-refractivity contribution in [1.29, 1.82) is 0 Å². The topological polar surface area (TPSA) is 58.5 Å². The SMILES string of the molecule is CCC(C)=NCC(C)(C)NS(=O)(=O)C1CC1. The van der Waals surface area contributed by atoms with Gasteiger partial charge in [-0.2, -0.15) is 0 Å². The molecule has 0 spiro atoms. The van der Waals surface area contributed by atoms with E-state index in [-0.39, 0.29) is 5.25 Å². The summed E-state index contributed by atoms with van der Waals surface area (Å²) in [7, 11) is -3.12. The molecule has 0 saturated heterocycles. The molecular formula is C11H22N2O2S. The van der Waals surface area contributed by atoms with E-state index >= 15 is 0 Å². The summed E-state index contributed by atoms with van der Waals surface area (Å²) < 4.78 is 26.3. The average molecular weight is 246 g/mol. The molecule has 0 amide bonds. The molecule has 0 unspecified atom stereocenters. The van der Waals surface area contributed by atoms with Crippen LogP contribution in [-0.2, 0) is 10.0 Å². The maximum Gasteiger partial charge on any atom is 0.215 e. The summed E-state index contributed by atoms with van der Waals surface area (Å²) in [5.41, 5.74) is 0.566. The molecule has 0 heterocycles. The van der Waals surface area contributed by atoms with Gasteiger partial charge in [-0.15, -0.1) is 0 Å². The predicted octanol–water partition coefficient (Wildman–Crippen LogP) is 1.72. The average Bonchev–Trinajstić information content (AvgIpc) is 2.95. The van der Waals surface area contributed by atoms with Crippen molar-refractivity contribution >= 4 is 15.7 Å². The van der Waals surface area contributed by atoms with E-state index in [4.69, 9.17) is 0 Å². The summed E-state index contributed by atoms with van der Waals surface area (Å²) in [4.78, 5) is 4.37. The first-order valence-electron chi connectivity index (χ1n) is 5.79. The molecule has 0 aromatic heterocycles. The number of rotatable bonds is 6.